The summed E-state index contributed by atoms with van der Waals surface area (Å²) >= 11 is 0.959. The Morgan fingerprint density at radius 1 is 1.22 bits per heavy atom. The number of likely N-dealkylation sites (tertiary alicyclic amines) is 1. The van der Waals surface area contributed by atoms with Crippen LogP contribution in [-0.4, -0.2) is 62.2 Å². The minimum absolute atomic E-state index is 0.124. The number of benzene rings is 1. The summed E-state index contributed by atoms with van der Waals surface area (Å²) in [4.78, 5) is 47.4. The maximum atomic E-state index is 12.9. The zero-order chi connectivity index (χ0) is 22.2. The molecule has 164 valence electrons. The molecule has 2 fully saturated rings. The molecule has 1 aromatic carbocycles. The summed E-state index contributed by atoms with van der Waals surface area (Å²) in [6.07, 6.45) is 5.43. The first-order valence-corrected chi connectivity index (χ1v) is 11.8. The first kappa shape index (κ1) is 20.8. The number of aryl methyl sites for hydroxylation is 1. The molecule has 0 bridgehead atoms. The Hall–Kier alpha value is -3.13. The second kappa shape index (κ2) is 8.43. The number of nitrogens with zero attached hydrogens (tertiary/aromatic N) is 3. The van der Waals surface area contributed by atoms with Gasteiger partial charge in [-0.15, -0.1) is 0 Å². The molecule has 4 heterocycles. The second-order valence-corrected chi connectivity index (χ2v) is 9.34. The molecule has 2 saturated heterocycles. The van der Waals surface area contributed by atoms with Gasteiger partial charge in [0.25, 0.3) is 5.24 Å². The topological polar surface area (TPSA) is 86.4 Å². The molecule has 32 heavy (non-hydrogen) atoms. The predicted molar refractivity (Wildman–Crippen MR) is 124 cm³/mol. The number of hydrogen-bond donors (Lipinski definition) is 1. The van der Waals surface area contributed by atoms with E-state index >= 15 is 0 Å². The fourth-order valence-electron chi connectivity index (χ4n) is 4.67. The van der Waals surface area contributed by atoms with Crippen LogP contribution in [0, 0.1) is 6.92 Å². The van der Waals surface area contributed by atoms with Gasteiger partial charge in [-0.1, -0.05) is 23.4 Å². The van der Waals surface area contributed by atoms with Crippen molar-refractivity contribution in [1.82, 2.24) is 19.8 Å². The Balaban J connectivity index is 1.46. The second-order valence-electron chi connectivity index (χ2n) is 8.41. The molecule has 8 heteroatoms. The molecule has 2 aromatic heterocycles. The molecule has 0 unspecified atom stereocenters. The summed E-state index contributed by atoms with van der Waals surface area (Å²) in [5.74, 6) is -0.189. The van der Waals surface area contributed by atoms with E-state index in [4.69, 9.17) is 0 Å². The number of pyridine rings is 1. The number of fused-ring (bicyclic) bond motifs is 1. The molecule has 2 aliphatic rings. The number of carbonyl (C=O) groups excluding carboxylic acids is 3. The zero-order valence-electron chi connectivity index (χ0n) is 17.8. The number of carbonyl (C=O) groups is 3. The van der Waals surface area contributed by atoms with E-state index in [0.29, 0.717) is 13.1 Å². The van der Waals surface area contributed by atoms with Crippen LogP contribution in [0.4, 0.5) is 4.79 Å². The number of thioether (sulfide) groups is 1. The summed E-state index contributed by atoms with van der Waals surface area (Å²) < 4.78 is 0. The van der Waals surface area contributed by atoms with Crippen LogP contribution in [0.2, 0.25) is 0 Å². The van der Waals surface area contributed by atoms with Crippen LogP contribution in [0.25, 0.3) is 22.0 Å². The van der Waals surface area contributed by atoms with Crippen LogP contribution in [0.5, 0.6) is 0 Å². The van der Waals surface area contributed by atoms with Gasteiger partial charge < -0.3 is 9.88 Å². The third-order valence-electron chi connectivity index (χ3n) is 6.27. The van der Waals surface area contributed by atoms with Crippen molar-refractivity contribution in [2.75, 3.05) is 25.4 Å². The van der Waals surface area contributed by atoms with Crippen LogP contribution >= 0.6 is 11.8 Å². The summed E-state index contributed by atoms with van der Waals surface area (Å²) in [6.45, 7) is 3.12. The Morgan fingerprint density at radius 3 is 2.78 bits per heavy atom. The minimum atomic E-state index is -0.331. The number of imide groups is 1. The molecule has 2 aliphatic heterocycles. The molecule has 1 N–H and O–H groups in total. The Labute approximate surface area is 190 Å². The first-order valence-electron chi connectivity index (χ1n) is 10.8. The summed E-state index contributed by atoms with van der Waals surface area (Å²) in [5.41, 5.74) is 5.65. The van der Waals surface area contributed by atoms with E-state index in [1.165, 1.54) is 10.9 Å². The lowest BCUT2D eigenvalue weighted by atomic mass is 9.89. The molecule has 5 rings (SSSR count). The maximum Gasteiger partial charge on any atom is 0.289 e. The van der Waals surface area contributed by atoms with Gasteiger partial charge in [0.15, 0.2) is 0 Å². The molecular formula is C24H24N4O3S. The van der Waals surface area contributed by atoms with Crippen LogP contribution in [0.3, 0.4) is 0 Å². The monoisotopic (exact) mass is 448 g/mol. The van der Waals surface area contributed by atoms with Crippen molar-refractivity contribution in [3.05, 3.63) is 54.0 Å². The fourth-order valence-corrected chi connectivity index (χ4v) is 5.40. The van der Waals surface area contributed by atoms with Crippen LogP contribution in [-0.2, 0) is 9.59 Å². The lowest BCUT2D eigenvalue weighted by Gasteiger charge is -2.33. The highest BCUT2D eigenvalue weighted by molar-refractivity contribution is 8.14. The van der Waals surface area contributed by atoms with Gasteiger partial charge in [-0.2, -0.15) is 0 Å². The fraction of sp³-hybridized carbons (Fsp3) is 0.333. The minimum Gasteiger partial charge on any atom is -0.358 e. The van der Waals surface area contributed by atoms with Crippen LogP contribution in [0.15, 0.2) is 42.7 Å². The van der Waals surface area contributed by atoms with E-state index in [2.05, 4.69) is 35.1 Å². The van der Waals surface area contributed by atoms with E-state index in [-0.39, 0.29) is 35.3 Å². The molecule has 3 aromatic rings. The Bertz CT molecular complexity index is 1190. The summed E-state index contributed by atoms with van der Waals surface area (Å²) in [7, 11) is 0. The van der Waals surface area contributed by atoms with Crippen molar-refractivity contribution in [1.29, 1.82) is 0 Å². The van der Waals surface area contributed by atoms with Crippen LogP contribution in [0.1, 0.15) is 30.0 Å². The smallest absolute Gasteiger partial charge is 0.289 e. The van der Waals surface area contributed by atoms with Gasteiger partial charge in [-0.25, -0.2) is 0 Å². The lowest BCUT2D eigenvalue weighted by molar-refractivity contribution is -0.137. The molecule has 0 saturated carbocycles. The molecular weight excluding hydrogens is 424 g/mol. The maximum absolute atomic E-state index is 12.9. The highest BCUT2D eigenvalue weighted by atomic mass is 32.2. The van der Waals surface area contributed by atoms with Crippen molar-refractivity contribution < 1.29 is 14.4 Å². The number of piperidine rings is 1. The highest BCUT2D eigenvalue weighted by Gasteiger charge is 2.34. The van der Waals surface area contributed by atoms with Gasteiger partial charge in [0.05, 0.1) is 5.75 Å². The van der Waals surface area contributed by atoms with E-state index in [1.807, 2.05) is 12.1 Å². The molecule has 3 amide bonds. The van der Waals surface area contributed by atoms with Crippen LogP contribution < -0.4 is 0 Å². The number of hydrogen-bond acceptors (Lipinski definition) is 5. The number of rotatable bonds is 4. The predicted octanol–water partition coefficient (Wildman–Crippen LogP) is 3.94. The van der Waals surface area contributed by atoms with Gasteiger partial charge in [0, 0.05) is 53.6 Å². The van der Waals surface area contributed by atoms with Crippen molar-refractivity contribution >= 4 is 39.7 Å². The number of H-pyrrole nitrogens is 1. The van der Waals surface area contributed by atoms with Crippen molar-refractivity contribution in [3.8, 4) is 11.1 Å². The average molecular weight is 449 g/mol. The van der Waals surface area contributed by atoms with Gasteiger partial charge in [-0.05, 0) is 49.6 Å². The Morgan fingerprint density at radius 2 is 2.03 bits per heavy atom. The average Bonchev–Trinajstić information content (AvgIpc) is 3.34. The Kier molecular flexibility index (Phi) is 5.46. The van der Waals surface area contributed by atoms with E-state index in [9.17, 15) is 14.4 Å². The third-order valence-corrected chi connectivity index (χ3v) is 7.13. The molecule has 7 nitrogen and oxygen atoms in total. The largest absolute Gasteiger partial charge is 0.358 e. The molecule has 0 radical (unpaired) electrons. The van der Waals surface area contributed by atoms with Gasteiger partial charge in [0.2, 0.25) is 11.8 Å². The number of aromatic amines is 1. The van der Waals surface area contributed by atoms with Gasteiger partial charge in [0.1, 0.15) is 6.54 Å². The first-order chi connectivity index (χ1) is 15.5. The van der Waals surface area contributed by atoms with E-state index in [1.54, 1.807) is 17.3 Å². The summed E-state index contributed by atoms with van der Waals surface area (Å²) in [5, 5.41) is 0.836. The van der Waals surface area contributed by atoms with E-state index in [0.717, 1.165) is 51.8 Å². The van der Waals surface area contributed by atoms with Gasteiger partial charge in [-0.3, -0.25) is 24.3 Å². The van der Waals surface area contributed by atoms with Crippen molar-refractivity contribution in [3.63, 3.8) is 0 Å². The van der Waals surface area contributed by atoms with E-state index < -0.39 is 0 Å². The zero-order valence-corrected chi connectivity index (χ0v) is 18.7. The normalized spacial score (nSPS) is 19.2. The SMILES string of the molecule is Cc1ccc2[nH]c([C@H]3CCCN(C(=O)CN4C(=O)CSC4=O)C3)c(-c3ccncc3)c2c1. The van der Waals surface area contributed by atoms with Gasteiger partial charge >= 0.3 is 0 Å². The molecule has 1 atom stereocenters. The van der Waals surface area contributed by atoms with Crippen molar-refractivity contribution in [2.24, 2.45) is 0 Å². The quantitative estimate of drug-likeness (QED) is 0.653. The number of aromatic nitrogens is 2. The molecule has 0 aliphatic carbocycles. The summed E-state index contributed by atoms with van der Waals surface area (Å²) in [6, 6.07) is 10.4. The number of nitrogens with one attached hydrogen (secondary N) is 1. The molecule has 0 spiro atoms. The standard InChI is InChI=1S/C24H24N4O3S/c1-15-4-5-19-18(11-15)22(16-6-8-25-9-7-16)23(26-19)17-3-2-10-27(12-17)20(29)13-28-21(30)14-32-24(28)31/h4-9,11,17,26H,2-3,10,12-14H2,1H3/t17-/m0/s1. The lowest BCUT2D eigenvalue weighted by Crippen LogP contribution is -2.45. The number of amides is 3. The third kappa shape index (κ3) is 3.79. The highest BCUT2D eigenvalue weighted by Crippen LogP contribution is 2.39. The van der Waals surface area contributed by atoms with Crippen molar-refractivity contribution in [2.45, 2.75) is 25.7 Å².